The molecule has 0 unspecified atom stereocenters. The summed E-state index contributed by atoms with van der Waals surface area (Å²) in [6.07, 6.45) is 4.04. The number of piperidine rings is 1. The van der Waals surface area contributed by atoms with Crippen molar-refractivity contribution in [2.45, 2.75) is 32.9 Å². The molecule has 158 valence electrons. The van der Waals surface area contributed by atoms with Crippen LogP contribution in [-0.4, -0.2) is 46.8 Å². The van der Waals surface area contributed by atoms with Crippen molar-refractivity contribution < 1.29 is 4.79 Å². The predicted octanol–water partition coefficient (Wildman–Crippen LogP) is 3.01. The molecule has 0 saturated carbocycles. The summed E-state index contributed by atoms with van der Waals surface area (Å²) in [5, 5.41) is 9.15. The van der Waals surface area contributed by atoms with E-state index >= 15 is 0 Å². The molecule has 2 heterocycles. The summed E-state index contributed by atoms with van der Waals surface area (Å²) in [6, 6.07) is 15.3. The van der Waals surface area contributed by atoms with Gasteiger partial charge in [0.1, 0.15) is 0 Å². The quantitative estimate of drug-likeness (QED) is 0.593. The summed E-state index contributed by atoms with van der Waals surface area (Å²) in [7, 11) is 0. The van der Waals surface area contributed by atoms with Crippen LogP contribution in [-0.2, 0) is 17.9 Å². The van der Waals surface area contributed by atoms with Gasteiger partial charge in [0.05, 0.1) is 11.7 Å². The van der Waals surface area contributed by atoms with Crippen molar-refractivity contribution in [2.75, 3.05) is 26.2 Å². The van der Waals surface area contributed by atoms with Gasteiger partial charge in [-0.3, -0.25) is 9.48 Å². The fourth-order valence-corrected chi connectivity index (χ4v) is 4.22. The summed E-state index contributed by atoms with van der Waals surface area (Å²) in [5.74, 6) is 0.747. The highest BCUT2D eigenvalue weighted by molar-refractivity contribution is 5.84. The minimum Gasteiger partial charge on any atom is -0.343 e. The average Bonchev–Trinajstić information content (AvgIpc) is 3.17. The molecule has 0 aliphatic carbocycles. The van der Waals surface area contributed by atoms with Crippen LogP contribution in [0.4, 0.5) is 0 Å². The van der Waals surface area contributed by atoms with E-state index in [-0.39, 0.29) is 5.91 Å². The summed E-state index contributed by atoms with van der Waals surface area (Å²) in [6.45, 7) is 6.61. The summed E-state index contributed by atoms with van der Waals surface area (Å²) in [5.41, 5.74) is 10.4. The van der Waals surface area contributed by atoms with Crippen LogP contribution in [0.15, 0.2) is 48.7 Å². The number of benzene rings is 2. The Kier molecular flexibility index (Phi) is 6.45. The van der Waals surface area contributed by atoms with Crippen molar-refractivity contribution in [3.05, 3.63) is 54.2 Å². The van der Waals surface area contributed by atoms with Gasteiger partial charge in [0.15, 0.2) is 0 Å². The molecule has 1 fully saturated rings. The molecule has 1 saturated heterocycles. The second kappa shape index (κ2) is 9.41. The van der Waals surface area contributed by atoms with E-state index in [0.717, 1.165) is 45.6 Å². The Balaban J connectivity index is 1.47. The molecule has 1 aromatic heterocycles. The molecule has 3 N–H and O–H groups in total. The minimum atomic E-state index is 0.184. The number of nitrogens with one attached hydrogen (secondary N) is 1. The Bertz CT molecular complexity index is 987. The SMILES string of the molecule is CC(=O)N1CCC(Cn2ncc3ccc(-c4ccc(CNCCN)cc4)cc32)CC1. The van der Waals surface area contributed by atoms with Crippen molar-refractivity contribution in [3.63, 3.8) is 0 Å². The van der Waals surface area contributed by atoms with Gasteiger partial charge in [-0.2, -0.15) is 5.10 Å². The summed E-state index contributed by atoms with van der Waals surface area (Å²) < 4.78 is 2.14. The monoisotopic (exact) mass is 405 g/mol. The molecular formula is C24H31N5O. The number of hydrogen-bond donors (Lipinski definition) is 2. The predicted molar refractivity (Wildman–Crippen MR) is 121 cm³/mol. The molecule has 1 aliphatic rings. The topological polar surface area (TPSA) is 76.2 Å². The summed E-state index contributed by atoms with van der Waals surface area (Å²) >= 11 is 0. The van der Waals surface area contributed by atoms with E-state index in [1.165, 1.54) is 27.6 Å². The zero-order valence-electron chi connectivity index (χ0n) is 17.7. The van der Waals surface area contributed by atoms with Crippen LogP contribution in [0.5, 0.6) is 0 Å². The van der Waals surface area contributed by atoms with Gasteiger partial charge in [0, 0.05) is 51.6 Å². The van der Waals surface area contributed by atoms with Gasteiger partial charge in [-0.25, -0.2) is 0 Å². The van der Waals surface area contributed by atoms with E-state index in [2.05, 4.69) is 57.6 Å². The Morgan fingerprint density at radius 1 is 1.13 bits per heavy atom. The third-order valence-corrected chi connectivity index (χ3v) is 6.07. The number of nitrogens with two attached hydrogens (primary N) is 1. The molecule has 1 aliphatic heterocycles. The molecule has 2 aromatic carbocycles. The number of fused-ring (bicyclic) bond motifs is 1. The third kappa shape index (κ3) is 4.71. The molecule has 1 amide bonds. The van der Waals surface area contributed by atoms with Crippen molar-refractivity contribution >= 4 is 16.8 Å². The van der Waals surface area contributed by atoms with Gasteiger partial charge in [0.25, 0.3) is 0 Å². The van der Waals surface area contributed by atoms with E-state index in [0.29, 0.717) is 12.5 Å². The van der Waals surface area contributed by atoms with Gasteiger partial charge in [-0.1, -0.05) is 36.4 Å². The fourth-order valence-electron chi connectivity index (χ4n) is 4.22. The summed E-state index contributed by atoms with van der Waals surface area (Å²) in [4.78, 5) is 13.5. The van der Waals surface area contributed by atoms with Crippen molar-refractivity contribution in [1.82, 2.24) is 20.0 Å². The molecule has 3 aromatic rings. The molecule has 0 atom stereocenters. The number of aromatic nitrogens is 2. The Labute approximate surface area is 178 Å². The highest BCUT2D eigenvalue weighted by Gasteiger charge is 2.21. The van der Waals surface area contributed by atoms with Crippen molar-refractivity contribution in [2.24, 2.45) is 11.7 Å². The van der Waals surface area contributed by atoms with E-state index in [1.54, 1.807) is 6.92 Å². The number of hydrogen-bond acceptors (Lipinski definition) is 4. The smallest absolute Gasteiger partial charge is 0.219 e. The maximum Gasteiger partial charge on any atom is 0.219 e. The second-order valence-electron chi connectivity index (χ2n) is 8.21. The van der Waals surface area contributed by atoms with Gasteiger partial charge in [-0.15, -0.1) is 0 Å². The molecule has 6 nitrogen and oxygen atoms in total. The fraction of sp³-hybridized carbons (Fsp3) is 0.417. The zero-order chi connectivity index (χ0) is 20.9. The molecule has 0 bridgehead atoms. The van der Waals surface area contributed by atoms with Gasteiger partial charge in [0.2, 0.25) is 5.91 Å². The van der Waals surface area contributed by atoms with E-state index in [4.69, 9.17) is 5.73 Å². The maximum absolute atomic E-state index is 11.6. The lowest BCUT2D eigenvalue weighted by Crippen LogP contribution is -2.38. The first-order valence-corrected chi connectivity index (χ1v) is 10.8. The number of rotatable bonds is 7. The molecule has 6 heteroatoms. The van der Waals surface area contributed by atoms with Gasteiger partial charge >= 0.3 is 0 Å². The van der Waals surface area contributed by atoms with Crippen LogP contribution in [0.2, 0.25) is 0 Å². The van der Waals surface area contributed by atoms with Gasteiger partial charge in [-0.05, 0) is 41.5 Å². The third-order valence-electron chi connectivity index (χ3n) is 6.07. The molecule has 30 heavy (non-hydrogen) atoms. The maximum atomic E-state index is 11.6. The van der Waals surface area contributed by atoms with E-state index < -0.39 is 0 Å². The van der Waals surface area contributed by atoms with E-state index in [1.807, 2.05) is 11.1 Å². The molecular weight excluding hydrogens is 374 g/mol. The number of carbonyl (C=O) groups is 1. The second-order valence-corrected chi connectivity index (χ2v) is 8.21. The first-order valence-electron chi connectivity index (χ1n) is 10.8. The van der Waals surface area contributed by atoms with Crippen LogP contribution in [0.3, 0.4) is 0 Å². The Morgan fingerprint density at radius 3 is 2.57 bits per heavy atom. The molecule has 0 spiro atoms. The number of carbonyl (C=O) groups excluding carboxylic acids is 1. The van der Waals surface area contributed by atoms with Crippen LogP contribution < -0.4 is 11.1 Å². The number of nitrogens with zero attached hydrogens (tertiary/aromatic N) is 3. The lowest BCUT2D eigenvalue weighted by atomic mass is 9.96. The zero-order valence-corrected chi connectivity index (χ0v) is 17.7. The first-order chi connectivity index (χ1) is 14.6. The van der Waals surface area contributed by atoms with Crippen LogP contribution in [0.25, 0.3) is 22.0 Å². The van der Waals surface area contributed by atoms with Crippen LogP contribution in [0.1, 0.15) is 25.3 Å². The Hall–Kier alpha value is -2.70. The average molecular weight is 406 g/mol. The van der Waals surface area contributed by atoms with Crippen LogP contribution >= 0.6 is 0 Å². The standard InChI is InChI=1S/C24H31N5O/c1-18(30)28-12-8-20(9-13-28)17-29-24-14-22(6-7-23(24)16-27-29)21-4-2-19(3-5-21)15-26-11-10-25/h2-7,14,16,20,26H,8-13,15,17,25H2,1H3. The van der Waals surface area contributed by atoms with Crippen LogP contribution in [0, 0.1) is 5.92 Å². The number of amides is 1. The van der Waals surface area contributed by atoms with Crippen molar-refractivity contribution in [1.29, 1.82) is 0 Å². The molecule has 0 radical (unpaired) electrons. The van der Waals surface area contributed by atoms with E-state index in [9.17, 15) is 4.79 Å². The van der Waals surface area contributed by atoms with Crippen molar-refractivity contribution in [3.8, 4) is 11.1 Å². The normalized spacial score (nSPS) is 15.1. The van der Waals surface area contributed by atoms with Gasteiger partial charge < -0.3 is 16.0 Å². The Morgan fingerprint density at radius 2 is 1.87 bits per heavy atom. The minimum absolute atomic E-state index is 0.184. The largest absolute Gasteiger partial charge is 0.343 e. The number of likely N-dealkylation sites (tertiary alicyclic amines) is 1. The highest BCUT2D eigenvalue weighted by Crippen LogP contribution is 2.27. The lowest BCUT2D eigenvalue weighted by molar-refractivity contribution is -0.130. The lowest BCUT2D eigenvalue weighted by Gasteiger charge is -2.31. The highest BCUT2D eigenvalue weighted by atomic mass is 16.2. The first kappa shape index (κ1) is 20.6. The molecule has 4 rings (SSSR count).